The summed E-state index contributed by atoms with van der Waals surface area (Å²) in [6, 6.07) is 0. The lowest BCUT2D eigenvalue weighted by molar-refractivity contribution is -0.152. The molecule has 0 aromatic carbocycles. The summed E-state index contributed by atoms with van der Waals surface area (Å²) in [6.07, 6.45) is 0.254. The van der Waals surface area contributed by atoms with Gasteiger partial charge in [-0.05, 0) is 13.8 Å². The van der Waals surface area contributed by atoms with Gasteiger partial charge in [-0.2, -0.15) is 0 Å². The van der Waals surface area contributed by atoms with E-state index in [1.165, 1.54) is 4.90 Å². The maximum atomic E-state index is 11.1. The number of amides is 2. The molecule has 68 valence electrons. The zero-order valence-corrected chi connectivity index (χ0v) is 7.37. The molecule has 0 N–H and O–H groups in total. The van der Waals surface area contributed by atoms with Gasteiger partial charge < -0.3 is 4.74 Å². The summed E-state index contributed by atoms with van der Waals surface area (Å²) in [5, 5.41) is 0. The average molecular weight is 171 g/mol. The Kier molecular flexibility index (Phi) is 2.81. The van der Waals surface area contributed by atoms with Crippen molar-refractivity contribution in [1.82, 2.24) is 4.90 Å². The van der Waals surface area contributed by atoms with Crippen LogP contribution in [0.3, 0.4) is 0 Å². The number of ether oxygens (including phenoxy) is 1. The molecule has 1 saturated heterocycles. The van der Waals surface area contributed by atoms with Crippen LogP contribution >= 0.6 is 0 Å². The van der Waals surface area contributed by atoms with Crippen molar-refractivity contribution in [2.75, 3.05) is 6.61 Å². The Labute approximate surface area is 71.5 Å². The maximum absolute atomic E-state index is 11.1. The second-order valence-electron chi connectivity index (χ2n) is 2.71. The SMILES string of the molecule is CCOC(C)N1C(=O)CCC1=O. The highest BCUT2D eigenvalue weighted by molar-refractivity contribution is 6.02. The van der Waals surface area contributed by atoms with Crippen LogP contribution in [0.15, 0.2) is 0 Å². The third kappa shape index (κ3) is 1.64. The predicted octanol–water partition coefficient (Wildman–Crippen LogP) is 0.518. The van der Waals surface area contributed by atoms with E-state index in [1.807, 2.05) is 6.92 Å². The second kappa shape index (κ2) is 3.67. The molecular formula is C8H13NO3. The van der Waals surface area contributed by atoms with Gasteiger partial charge in [0.15, 0.2) is 0 Å². The van der Waals surface area contributed by atoms with Crippen molar-refractivity contribution >= 4 is 11.8 Å². The molecule has 12 heavy (non-hydrogen) atoms. The number of rotatable bonds is 3. The van der Waals surface area contributed by atoms with Crippen molar-refractivity contribution in [3.8, 4) is 0 Å². The summed E-state index contributed by atoms with van der Waals surface area (Å²) in [5.41, 5.74) is 0. The first kappa shape index (κ1) is 9.19. The summed E-state index contributed by atoms with van der Waals surface area (Å²) >= 11 is 0. The first-order chi connectivity index (χ1) is 5.66. The van der Waals surface area contributed by atoms with Crippen LogP contribution in [-0.2, 0) is 14.3 Å². The predicted molar refractivity (Wildman–Crippen MR) is 42.2 cm³/mol. The normalized spacial score (nSPS) is 20.3. The molecule has 0 aliphatic carbocycles. The highest BCUT2D eigenvalue weighted by Gasteiger charge is 2.32. The fourth-order valence-corrected chi connectivity index (χ4v) is 1.32. The van der Waals surface area contributed by atoms with E-state index in [2.05, 4.69) is 0 Å². The van der Waals surface area contributed by atoms with Gasteiger partial charge in [0.05, 0.1) is 0 Å². The van der Waals surface area contributed by atoms with E-state index >= 15 is 0 Å². The Bertz CT molecular complexity index is 186. The minimum Gasteiger partial charge on any atom is -0.358 e. The molecule has 4 heteroatoms. The number of carbonyl (C=O) groups excluding carboxylic acids is 2. The Morgan fingerprint density at radius 1 is 1.42 bits per heavy atom. The largest absolute Gasteiger partial charge is 0.358 e. The molecule has 1 heterocycles. The topological polar surface area (TPSA) is 46.6 Å². The van der Waals surface area contributed by atoms with Gasteiger partial charge in [0, 0.05) is 19.4 Å². The molecule has 0 bridgehead atoms. The Morgan fingerprint density at radius 2 is 1.92 bits per heavy atom. The van der Waals surface area contributed by atoms with Crippen molar-refractivity contribution in [1.29, 1.82) is 0 Å². The molecule has 1 aliphatic heterocycles. The number of likely N-dealkylation sites (tertiary alicyclic amines) is 1. The smallest absolute Gasteiger partial charge is 0.231 e. The quantitative estimate of drug-likeness (QED) is 0.581. The molecule has 0 aromatic rings. The van der Waals surface area contributed by atoms with Crippen LogP contribution in [0.5, 0.6) is 0 Å². The van der Waals surface area contributed by atoms with Gasteiger partial charge >= 0.3 is 0 Å². The minimum atomic E-state index is -0.405. The van der Waals surface area contributed by atoms with E-state index in [0.717, 1.165) is 0 Å². The van der Waals surface area contributed by atoms with Gasteiger partial charge in [-0.1, -0.05) is 0 Å². The standard InChI is InChI=1S/C8H13NO3/c1-3-12-6(2)9-7(10)4-5-8(9)11/h6H,3-5H2,1-2H3. The lowest BCUT2D eigenvalue weighted by Gasteiger charge is -2.21. The molecule has 1 atom stereocenters. The number of nitrogens with zero attached hydrogens (tertiary/aromatic N) is 1. The Balaban J connectivity index is 2.59. The zero-order chi connectivity index (χ0) is 9.14. The van der Waals surface area contributed by atoms with Crippen LogP contribution in [0.1, 0.15) is 26.7 Å². The summed E-state index contributed by atoms with van der Waals surface area (Å²) < 4.78 is 5.15. The van der Waals surface area contributed by atoms with Crippen molar-refractivity contribution in [2.24, 2.45) is 0 Å². The van der Waals surface area contributed by atoms with Crippen LogP contribution in [0, 0.1) is 0 Å². The molecule has 1 unspecified atom stereocenters. The van der Waals surface area contributed by atoms with Crippen molar-refractivity contribution in [2.45, 2.75) is 32.9 Å². The summed E-state index contributed by atoms with van der Waals surface area (Å²) in [4.78, 5) is 23.5. The van der Waals surface area contributed by atoms with Gasteiger partial charge in [0.2, 0.25) is 11.8 Å². The number of imide groups is 1. The highest BCUT2D eigenvalue weighted by Crippen LogP contribution is 2.15. The van der Waals surface area contributed by atoms with E-state index in [1.54, 1.807) is 6.92 Å². The third-order valence-electron chi connectivity index (χ3n) is 1.86. The number of hydrogen-bond donors (Lipinski definition) is 0. The van der Waals surface area contributed by atoms with Crippen LogP contribution in [-0.4, -0.2) is 29.5 Å². The van der Waals surface area contributed by atoms with Crippen LogP contribution in [0.25, 0.3) is 0 Å². The summed E-state index contributed by atoms with van der Waals surface area (Å²) in [5.74, 6) is -0.248. The fraction of sp³-hybridized carbons (Fsp3) is 0.750. The third-order valence-corrected chi connectivity index (χ3v) is 1.86. The average Bonchev–Trinajstić information content (AvgIpc) is 2.32. The highest BCUT2D eigenvalue weighted by atomic mass is 16.5. The first-order valence-corrected chi connectivity index (χ1v) is 4.13. The molecule has 1 aliphatic rings. The molecule has 0 saturated carbocycles. The van der Waals surface area contributed by atoms with E-state index in [-0.39, 0.29) is 11.8 Å². The molecule has 0 radical (unpaired) electrons. The number of carbonyl (C=O) groups is 2. The number of hydrogen-bond acceptors (Lipinski definition) is 3. The Hall–Kier alpha value is -0.900. The molecule has 1 fully saturated rings. The minimum absolute atomic E-state index is 0.124. The molecule has 0 aromatic heterocycles. The van der Waals surface area contributed by atoms with Gasteiger partial charge in [0.25, 0.3) is 0 Å². The maximum Gasteiger partial charge on any atom is 0.231 e. The van der Waals surface area contributed by atoms with E-state index in [0.29, 0.717) is 19.4 Å². The van der Waals surface area contributed by atoms with Crippen LogP contribution < -0.4 is 0 Å². The lowest BCUT2D eigenvalue weighted by Crippen LogP contribution is -2.39. The molecule has 0 spiro atoms. The van der Waals surface area contributed by atoms with Crippen LogP contribution in [0.4, 0.5) is 0 Å². The lowest BCUT2D eigenvalue weighted by atomic mass is 10.4. The first-order valence-electron chi connectivity index (χ1n) is 4.13. The van der Waals surface area contributed by atoms with Gasteiger partial charge in [-0.3, -0.25) is 14.5 Å². The Morgan fingerprint density at radius 3 is 2.33 bits per heavy atom. The van der Waals surface area contributed by atoms with Gasteiger partial charge in [-0.25, -0.2) is 0 Å². The van der Waals surface area contributed by atoms with E-state index < -0.39 is 6.23 Å². The summed E-state index contributed by atoms with van der Waals surface area (Å²) in [6.45, 7) is 4.06. The zero-order valence-electron chi connectivity index (χ0n) is 7.37. The van der Waals surface area contributed by atoms with E-state index in [9.17, 15) is 9.59 Å². The summed E-state index contributed by atoms with van der Waals surface area (Å²) in [7, 11) is 0. The molecular weight excluding hydrogens is 158 g/mol. The monoisotopic (exact) mass is 171 g/mol. The van der Waals surface area contributed by atoms with Crippen molar-refractivity contribution in [3.05, 3.63) is 0 Å². The fourth-order valence-electron chi connectivity index (χ4n) is 1.32. The van der Waals surface area contributed by atoms with Gasteiger partial charge in [0.1, 0.15) is 6.23 Å². The molecule has 1 rings (SSSR count). The second-order valence-corrected chi connectivity index (χ2v) is 2.71. The van der Waals surface area contributed by atoms with Crippen molar-refractivity contribution in [3.63, 3.8) is 0 Å². The van der Waals surface area contributed by atoms with Crippen LogP contribution in [0.2, 0.25) is 0 Å². The van der Waals surface area contributed by atoms with Crippen molar-refractivity contribution < 1.29 is 14.3 Å². The van der Waals surface area contributed by atoms with Gasteiger partial charge in [-0.15, -0.1) is 0 Å². The van der Waals surface area contributed by atoms with E-state index in [4.69, 9.17) is 4.74 Å². The molecule has 2 amide bonds. The molecule has 4 nitrogen and oxygen atoms in total.